The quantitative estimate of drug-likeness (QED) is 0.549. The number of hydrogen-bond acceptors (Lipinski definition) is 5. The molecule has 9 heteroatoms. The zero-order valence-corrected chi connectivity index (χ0v) is 22.7. The van der Waals surface area contributed by atoms with Gasteiger partial charge in [0.2, 0.25) is 5.91 Å². The third-order valence-corrected chi connectivity index (χ3v) is 10.7. The summed E-state index contributed by atoms with van der Waals surface area (Å²) in [6.07, 6.45) is 1.32. The van der Waals surface area contributed by atoms with Crippen molar-refractivity contribution in [2.24, 2.45) is 5.92 Å². The number of anilines is 2. The molecule has 0 aliphatic carbocycles. The van der Waals surface area contributed by atoms with Crippen molar-refractivity contribution in [2.45, 2.75) is 63.1 Å². The summed E-state index contributed by atoms with van der Waals surface area (Å²) in [6.45, 7) is 6.63. The molecule has 4 atom stereocenters. The van der Waals surface area contributed by atoms with Crippen LogP contribution in [0.5, 0.6) is 0 Å². The number of carbonyl (C=O) groups is 2. The average molecular weight is 529 g/mol. The van der Waals surface area contributed by atoms with E-state index in [1.165, 1.54) is 0 Å². The number of halogens is 1. The Morgan fingerprint density at radius 3 is 2.64 bits per heavy atom. The molecule has 1 spiro atoms. The van der Waals surface area contributed by atoms with Crippen molar-refractivity contribution < 1.29 is 24.2 Å². The van der Waals surface area contributed by atoms with Crippen molar-refractivity contribution in [3.05, 3.63) is 58.6 Å². The van der Waals surface area contributed by atoms with E-state index in [0.717, 1.165) is 23.4 Å². The normalized spacial score (nSPS) is 28.0. The number of rotatable bonds is 6. The Labute approximate surface area is 217 Å². The third kappa shape index (κ3) is 3.99. The lowest BCUT2D eigenvalue weighted by Crippen LogP contribution is -2.46. The number of aliphatic hydroxyl groups excluding tert-OH is 1. The predicted octanol–water partition coefficient (Wildman–Crippen LogP) is 4.19. The molecule has 2 aromatic carbocycles. The second-order valence-corrected chi connectivity index (χ2v) is 15.2. The molecule has 7 nitrogen and oxygen atoms in total. The first-order chi connectivity index (χ1) is 17.1. The number of amides is 2. The Hall–Kier alpha value is -2.23. The molecule has 192 valence electrons. The maximum Gasteiger partial charge on any atom is 0.264 e. The molecule has 2 saturated heterocycles. The molecule has 0 radical (unpaired) electrons. The van der Waals surface area contributed by atoms with Crippen LogP contribution in [-0.2, 0) is 26.5 Å². The average Bonchev–Trinajstić information content (AvgIpc) is 3.44. The minimum absolute atomic E-state index is 0.0865. The van der Waals surface area contributed by atoms with Crippen LogP contribution in [0.4, 0.5) is 11.4 Å². The minimum atomic E-state index is -2.75. The largest absolute Gasteiger partial charge is 0.432 e. The molecule has 0 bridgehead atoms. The monoisotopic (exact) mass is 528 g/mol. The lowest BCUT2D eigenvalue weighted by Gasteiger charge is -2.32. The SMILES string of the molecule is C[C@H]1[C@H]([Si](C)(C)O)[C@@H](CCO)O[C@]12C(=O)N(Cc1cccc(N3CCCC3=O)c1)c1ccc(Cl)cc12. The first-order valence-electron chi connectivity index (χ1n) is 12.6. The van der Waals surface area contributed by atoms with Crippen molar-refractivity contribution in [3.63, 3.8) is 0 Å². The highest BCUT2D eigenvalue weighted by atomic mass is 35.5. The van der Waals surface area contributed by atoms with Crippen LogP contribution in [0.1, 0.15) is 37.3 Å². The first-order valence-corrected chi connectivity index (χ1v) is 16.0. The zero-order valence-electron chi connectivity index (χ0n) is 20.9. The Morgan fingerprint density at radius 1 is 1.19 bits per heavy atom. The molecule has 2 amide bonds. The lowest BCUT2D eigenvalue weighted by molar-refractivity contribution is -0.146. The van der Waals surface area contributed by atoms with Gasteiger partial charge >= 0.3 is 0 Å². The van der Waals surface area contributed by atoms with Gasteiger partial charge in [-0.3, -0.25) is 9.59 Å². The van der Waals surface area contributed by atoms with E-state index < -0.39 is 20.0 Å². The highest BCUT2D eigenvalue weighted by molar-refractivity contribution is 6.71. The summed E-state index contributed by atoms with van der Waals surface area (Å²) >= 11 is 6.42. The maximum absolute atomic E-state index is 14.3. The molecule has 3 aliphatic rings. The van der Waals surface area contributed by atoms with Crippen molar-refractivity contribution in [3.8, 4) is 0 Å². The van der Waals surface area contributed by atoms with E-state index in [1.54, 1.807) is 21.9 Å². The highest BCUT2D eigenvalue weighted by Crippen LogP contribution is 2.60. The summed E-state index contributed by atoms with van der Waals surface area (Å²) in [6, 6.07) is 13.2. The lowest BCUT2D eigenvalue weighted by atomic mass is 9.82. The highest BCUT2D eigenvalue weighted by Gasteiger charge is 2.66. The number of fused-ring (bicyclic) bond motifs is 2. The number of nitrogens with zero attached hydrogens (tertiary/aromatic N) is 2. The summed E-state index contributed by atoms with van der Waals surface area (Å²) in [5, 5.41) is 10.2. The minimum Gasteiger partial charge on any atom is -0.432 e. The molecule has 36 heavy (non-hydrogen) atoms. The summed E-state index contributed by atoms with van der Waals surface area (Å²) < 4.78 is 6.59. The predicted molar refractivity (Wildman–Crippen MR) is 142 cm³/mol. The van der Waals surface area contributed by atoms with Crippen molar-refractivity contribution in [1.82, 2.24) is 0 Å². The van der Waals surface area contributed by atoms with Gasteiger partial charge in [-0.15, -0.1) is 0 Å². The Morgan fingerprint density at radius 2 is 1.97 bits per heavy atom. The molecule has 3 aliphatic heterocycles. The Kier molecular flexibility index (Phi) is 6.54. The van der Waals surface area contributed by atoms with Gasteiger partial charge in [0.1, 0.15) is 0 Å². The number of hydrogen-bond donors (Lipinski definition) is 2. The van der Waals surface area contributed by atoms with E-state index in [4.69, 9.17) is 16.3 Å². The fourth-order valence-corrected chi connectivity index (χ4v) is 9.31. The van der Waals surface area contributed by atoms with E-state index in [1.807, 2.05) is 50.3 Å². The Balaban J connectivity index is 1.55. The summed E-state index contributed by atoms with van der Waals surface area (Å²) in [5.41, 5.74) is 1.69. The van der Waals surface area contributed by atoms with Gasteiger partial charge in [-0.05, 0) is 61.8 Å². The Bertz CT molecular complexity index is 1200. The van der Waals surface area contributed by atoms with E-state index in [2.05, 4.69) is 0 Å². The molecule has 0 aromatic heterocycles. The number of ether oxygens (including phenoxy) is 1. The standard InChI is InChI=1S/C27H33ClN2O5Si/c1-17-25(36(2,3)34)23(11-13-31)35-27(17)21-15-19(28)9-10-22(21)30(26(27)33)16-18-6-4-7-20(14-18)29-12-5-8-24(29)32/h4,6-7,9-10,14-15,17,23,25,31,34H,5,8,11-13,16H2,1-3H3/t17-,23+,25-,27+/m0/s1. The zero-order chi connectivity index (χ0) is 25.8. The molecule has 2 N–H and O–H groups in total. The van der Waals surface area contributed by atoms with Gasteiger partial charge in [0.05, 0.1) is 18.3 Å². The van der Waals surface area contributed by atoms with Crippen LogP contribution in [0, 0.1) is 5.92 Å². The number of carbonyl (C=O) groups excluding carboxylic acids is 2. The fraction of sp³-hybridized carbons (Fsp3) is 0.481. The van der Waals surface area contributed by atoms with Crippen LogP contribution in [-0.4, -0.2) is 49.3 Å². The second-order valence-electron chi connectivity index (χ2n) is 10.7. The van der Waals surface area contributed by atoms with E-state index in [-0.39, 0.29) is 29.9 Å². The first kappa shape index (κ1) is 25.4. The van der Waals surface area contributed by atoms with E-state index in [9.17, 15) is 19.5 Å². The molecule has 2 fully saturated rings. The number of benzene rings is 2. The van der Waals surface area contributed by atoms with Crippen LogP contribution in [0.3, 0.4) is 0 Å². The molecule has 0 unspecified atom stereocenters. The maximum atomic E-state index is 14.3. The van der Waals surface area contributed by atoms with Crippen LogP contribution in [0.25, 0.3) is 0 Å². The molecular weight excluding hydrogens is 496 g/mol. The fourth-order valence-electron chi connectivity index (χ4n) is 6.53. The summed E-state index contributed by atoms with van der Waals surface area (Å²) in [7, 11) is -2.75. The van der Waals surface area contributed by atoms with Gasteiger partial charge in [-0.2, -0.15) is 0 Å². The molecule has 3 heterocycles. The van der Waals surface area contributed by atoms with Gasteiger partial charge in [-0.25, -0.2) is 0 Å². The topological polar surface area (TPSA) is 90.3 Å². The molecular formula is C27H33ClN2O5Si. The van der Waals surface area contributed by atoms with Crippen molar-refractivity contribution in [2.75, 3.05) is 23.0 Å². The van der Waals surface area contributed by atoms with Crippen LogP contribution >= 0.6 is 11.6 Å². The van der Waals surface area contributed by atoms with Crippen molar-refractivity contribution in [1.29, 1.82) is 0 Å². The van der Waals surface area contributed by atoms with Crippen LogP contribution in [0.15, 0.2) is 42.5 Å². The third-order valence-electron chi connectivity index (χ3n) is 8.00. The molecule has 5 rings (SSSR count). The van der Waals surface area contributed by atoms with Gasteiger partial charge < -0.3 is 24.4 Å². The number of aliphatic hydroxyl groups is 1. The smallest absolute Gasteiger partial charge is 0.264 e. The van der Waals surface area contributed by atoms with Gasteiger partial charge in [-0.1, -0.05) is 30.7 Å². The van der Waals surface area contributed by atoms with Gasteiger partial charge in [0.25, 0.3) is 5.91 Å². The van der Waals surface area contributed by atoms with Crippen molar-refractivity contribution >= 4 is 43.1 Å². The van der Waals surface area contributed by atoms with E-state index in [0.29, 0.717) is 36.5 Å². The molecule has 0 saturated carbocycles. The summed E-state index contributed by atoms with van der Waals surface area (Å²) in [5.74, 6) is -0.365. The van der Waals surface area contributed by atoms with E-state index >= 15 is 0 Å². The van der Waals surface area contributed by atoms with Gasteiger partial charge in [0, 0.05) is 47.3 Å². The van der Waals surface area contributed by atoms with Crippen LogP contribution < -0.4 is 9.80 Å². The second kappa shape index (κ2) is 9.26. The summed E-state index contributed by atoms with van der Waals surface area (Å²) in [4.78, 5) is 41.3. The van der Waals surface area contributed by atoms with Gasteiger partial charge in [0.15, 0.2) is 13.9 Å². The molecule has 2 aromatic rings. The van der Waals surface area contributed by atoms with Crippen LogP contribution in [0.2, 0.25) is 23.7 Å².